The Balaban J connectivity index is 1.07. The summed E-state index contributed by atoms with van der Waals surface area (Å²) < 4.78 is 0. The summed E-state index contributed by atoms with van der Waals surface area (Å²) in [5, 5.41) is 7.70. The highest BCUT2D eigenvalue weighted by Gasteiger charge is 2.26. The zero-order chi connectivity index (χ0) is 27.5. The van der Waals surface area contributed by atoms with Crippen LogP contribution in [0.15, 0.2) is 66.0 Å². The average molecular weight is 553 g/mol. The number of anilines is 2. The lowest BCUT2D eigenvalue weighted by atomic mass is 9.96. The van der Waals surface area contributed by atoms with Gasteiger partial charge in [-0.1, -0.05) is 30.3 Å². The molecule has 2 aliphatic rings. The Hall–Kier alpha value is -4.35. The number of carbonyl (C=O) groups is 2. The largest absolute Gasteiger partial charge is 0.384 e. The van der Waals surface area contributed by atoms with E-state index in [-0.39, 0.29) is 11.1 Å². The van der Waals surface area contributed by atoms with Crippen LogP contribution in [0.5, 0.6) is 0 Å². The fourth-order valence-electron chi connectivity index (χ4n) is 5.08. The second kappa shape index (κ2) is 11.4. The van der Waals surface area contributed by atoms with E-state index in [4.69, 9.17) is 5.73 Å². The second-order valence-electron chi connectivity index (χ2n) is 9.85. The van der Waals surface area contributed by atoms with Crippen LogP contribution in [-0.4, -0.2) is 50.7 Å². The standard InChI is InChI=1S/C29H28N8O2S/c30-25-6-5-20(26(35-25)23-17-32-15-19-3-1-2-4-22(19)23)16-31-14-18-8-11-37(12-9-18)28-33-10-7-21(34-28)13-24-27(38)36-29(39)40-24/h1-7,10,13,15,17-18,31H,8-9,11-12,14,16H2,(H2,30,35)(H,36,38,39)/b24-13-. The summed E-state index contributed by atoms with van der Waals surface area (Å²) in [5.74, 6) is 1.26. The Labute approximate surface area is 235 Å². The van der Waals surface area contributed by atoms with Gasteiger partial charge in [-0.3, -0.25) is 19.9 Å². The molecule has 2 saturated heterocycles. The molecule has 5 heterocycles. The molecule has 2 fully saturated rings. The molecule has 3 aromatic heterocycles. The zero-order valence-corrected chi connectivity index (χ0v) is 22.5. The Morgan fingerprint density at radius 2 is 1.93 bits per heavy atom. The third-order valence-corrected chi connectivity index (χ3v) is 7.97. The number of hydrogen-bond acceptors (Lipinski definition) is 10. The number of fused-ring (bicyclic) bond motifs is 1. The minimum atomic E-state index is -0.390. The van der Waals surface area contributed by atoms with Crippen LogP contribution in [0.25, 0.3) is 28.1 Å². The van der Waals surface area contributed by atoms with Crippen LogP contribution in [0.1, 0.15) is 24.1 Å². The van der Waals surface area contributed by atoms with Crippen molar-refractivity contribution < 1.29 is 9.59 Å². The third-order valence-electron chi connectivity index (χ3n) is 7.15. The molecular weight excluding hydrogens is 524 g/mol. The van der Waals surface area contributed by atoms with Crippen molar-refractivity contribution in [2.75, 3.05) is 30.3 Å². The first-order valence-electron chi connectivity index (χ1n) is 13.2. The van der Waals surface area contributed by atoms with E-state index < -0.39 is 0 Å². The summed E-state index contributed by atoms with van der Waals surface area (Å²) in [7, 11) is 0. The molecule has 6 rings (SSSR count). The van der Waals surface area contributed by atoms with E-state index in [9.17, 15) is 9.59 Å². The third kappa shape index (κ3) is 5.65. The molecule has 2 aliphatic heterocycles. The highest BCUT2D eigenvalue weighted by molar-refractivity contribution is 8.18. The van der Waals surface area contributed by atoms with Crippen LogP contribution in [0, 0.1) is 5.92 Å². The molecular formula is C29H28N8O2S. The number of nitrogens with two attached hydrogens (primary N) is 1. The molecule has 4 aromatic rings. The van der Waals surface area contributed by atoms with Crippen LogP contribution in [0.2, 0.25) is 0 Å². The first-order chi connectivity index (χ1) is 19.5. The molecule has 1 aromatic carbocycles. The molecule has 0 bridgehead atoms. The van der Waals surface area contributed by atoms with Crippen molar-refractivity contribution in [3.05, 3.63) is 77.2 Å². The van der Waals surface area contributed by atoms with Crippen LogP contribution in [0.4, 0.5) is 16.6 Å². The number of rotatable bonds is 7. The summed E-state index contributed by atoms with van der Waals surface area (Å²) in [6.07, 6.45) is 9.05. The van der Waals surface area contributed by atoms with Crippen LogP contribution in [0.3, 0.4) is 0 Å². The number of amides is 2. The summed E-state index contributed by atoms with van der Waals surface area (Å²) in [6.45, 7) is 3.26. The SMILES string of the molecule is Nc1ccc(CNCC2CCN(c3nccc(/C=C4\SC(=O)NC4=O)n3)CC2)c(-c2cncc3ccccc23)n1. The van der Waals surface area contributed by atoms with Crippen LogP contribution < -0.4 is 21.3 Å². The van der Waals surface area contributed by atoms with Crippen LogP contribution >= 0.6 is 11.8 Å². The molecule has 4 N–H and O–H groups in total. The lowest BCUT2D eigenvalue weighted by Crippen LogP contribution is -2.38. The predicted octanol–water partition coefficient (Wildman–Crippen LogP) is 4.00. The number of pyridine rings is 2. The molecule has 0 aliphatic carbocycles. The number of carbonyl (C=O) groups excluding carboxylic acids is 2. The molecule has 202 valence electrons. The quantitative estimate of drug-likeness (QED) is 0.288. The molecule has 0 saturated carbocycles. The first-order valence-corrected chi connectivity index (χ1v) is 14.0. The summed E-state index contributed by atoms with van der Waals surface area (Å²) in [5.41, 5.74) is 9.60. The van der Waals surface area contributed by atoms with Gasteiger partial charge in [0.15, 0.2) is 0 Å². The van der Waals surface area contributed by atoms with E-state index in [1.54, 1.807) is 18.3 Å². The number of hydrogen-bond donors (Lipinski definition) is 3. The maximum absolute atomic E-state index is 11.9. The molecule has 2 amide bonds. The van der Waals surface area contributed by atoms with E-state index in [0.29, 0.717) is 34.8 Å². The summed E-state index contributed by atoms with van der Waals surface area (Å²) in [6, 6.07) is 13.8. The fourth-order valence-corrected chi connectivity index (χ4v) is 5.75. The van der Waals surface area contributed by atoms with Crippen molar-refractivity contribution in [2.45, 2.75) is 19.4 Å². The predicted molar refractivity (Wildman–Crippen MR) is 157 cm³/mol. The maximum atomic E-state index is 11.9. The van der Waals surface area contributed by atoms with Gasteiger partial charge in [-0.25, -0.2) is 15.0 Å². The fraction of sp³-hybridized carbons (Fsp3) is 0.241. The van der Waals surface area contributed by atoms with Crippen molar-refractivity contribution in [1.82, 2.24) is 30.6 Å². The van der Waals surface area contributed by atoms with Gasteiger partial charge in [0.1, 0.15) is 5.82 Å². The Morgan fingerprint density at radius 3 is 2.75 bits per heavy atom. The molecule has 0 unspecified atom stereocenters. The van der Waals surface area contributed by atoms with E-state index >= 15 is 0 Å². The van der Waals surface area contributed by atoms with E-state index in [1.807, 2.05) is 36.7 Å². The van der Waals surface area contributed by atoms with Crippen molar-refractivity contribution in [3.63, 3.8) is 0 Å². The summed E-state index contributed by atoms with van der Waals surface area (Å²) in [4.78, 5) is 44.0. The number of imide groups is 1. The van der Waals surface area contributed by atoms with Gasteiger partial charge in [-0.2, -0.15) is 0 Å². The van der Waals surface area contributed by atoms with Crippen molar-refractivity contribution in [1.29, 1.82) is 0 Å². The van der Waals surface area contributed by atoms with Gasteiger partial charge in [0.2, 0.25) is 5.95 Å². The van der Waals surface area contributed by atoms with Gasteiger partial charge < -0.3 is 16.0 Å². The highest BCUT2D eigenvalue weighted by atomic mass is 32.2. The molecule has 10 nitrogen and oxygen atoms in total. The number of nitrogen functional groups attached to an aromatic ring is 1. The summed E-state index contributed by atoms with van der Waals surface area (Å²) >= 11 is 0.884. The first kappa shape index (κ1) is 25.9. The van der Waals surface area contributed by atoms with Crippen molar-refractivity contribution >= 4 is 51.5 Å². The Bertz CT molecular complexity index is 1610. The Morgan fingerprint density at radius 1 is 1.07 bits per heavy atom. The van der Waals surface area contributed by atoms with E-state index in [2.05, 4.69) is 47.6 Å². The zero-order valence-electron chi connectivity index (χ0n) is 21.7. The topological polar surface area (TPSA) is 139 Å². The van der Waals surface area contributed by atoms with Gasteiger partial charge in [0.25, 0.3) is 11.1 Å². The second-order valence-corrected chi connectivity index (χ2v) is 10.9. The smallest absolute Gasteiger partial charge is 0.290 e. The van der Waals surface area contributed by atoms with Crippen LogP contribution in [-0.2, 0) is 11.3 Å². The highest BCUT2D eigenvalue weighted by Crippen LogP contribution is 2.30. The van der Waals surface area contributed by atoms with E-state index in [1.165, 1.54) is 0 Å². The number of nitrogens with one attached hydrogen (secondary N) is 2. The lowest BCUT2D eigenvalue weighted by Gasteiger charge is -2.32. The van der Waals surface area contributed by atoms with Gasteiger partial charge in [-0.05, 0) is 66.2 Å². The van der Waals surface area contributed by atoms with Gasteiger partial charge >= 0.3 is 0 Å². The number of thioether (sulfide) groups is 1. The van der Waals surface area contributed by atoms with Gasteiger partial charge in [0.05, 0.1) is 16.3 Å². The molecule has 40 heavy (non-hydrogen) atoms. The number of nitrogens with zero attached hydrogens (tertiary/aromatic N) is 5. The number of aromatic nitrogens is 4. The molecule has 0 spiro atoms. The minimum absolute atomic E-state index is 0.343. The number of benzene rings is 1. The average Bonchev–Trinajstić information content (AvgIpc) is 3.29. The van der Waals surface area contributed by atoms with Gasteiger partial charge in [-0.15, -0.1) is 0 Å². The normalized spacial score (nSPS) is 17.1. The lowest BCUT2D eigenvalue weighted by molar-refractivity contribution is -0.115. The molecule has 11 heteroatoms. The molecule has 0 radical (unpaired) electrons. The van der Waals surface area contributed by atoms with Crippen molar-refractivity contribution in [3.8, 4) is 11.3 Å². The van der Waals surface area contributed by atoms with E-state index in [0.717, 1.165) is 71.8 Å². The minimum Gasteiger partial charge on any atom is -0.384 e. The Kier molecular flexibility index (Phi) is 7.39. The monoisotopic (exact) mass is 552 g/mol. The molecule has 0 atom stereocenters. The number of piperidine rings is 1. The van der Waals surface area contributed by atoms with Crippen molar-refractivity contribution in [2.24, 2.45) is 5.92 Å². The van der Waals surface area contributed by atoms with Gasteiger partial charge in [0, 0.05) is 49.2 Å². The maximum Gasteiger partial charge on any atom is 0.290 e.